The summed E-state index contributed by atoms with van der Waals surface area (Å²) in [5.74, 6) is 1.42. The molecular weight excluding hydrogens is 302 g/mol. The summed E-state index contributed by atoms with van der Waals surface area (Å²) in [6.07, 6.45) is 7.55. The van der Waals surface area contributed by atoms with Gasteiger partial charge in [-0.2, -0.15) is 0 Å². The van der Waals surface area contributed by atoms with Crippen LogP contribution < -0.4 is 4.74 Å². The van der Waals surface area contributed by atoms with Gasteiger partial charge in [0.1, 0.15) is 5.75 Å². The van der Waals surface area contributed by atoms with Gasteiger partial charge in [-0.05, 0) is 43.0 Å². The van der Waals surface area contributed by atoms with Crippen LogP contribution in [0, 0.1) is 5.92 Å². The Labute approximate surface area is 142 Å². The van der Waals surface area contributed by atoms with Gasteiger partial charge in [-0.3, -0.25) is 14.9 Å². The minimum absolute atomic E-state index is 0.0348. The van der Waals surface area contributed by atoms with Crippen molar-refractivity contribution in [1.29, 1.82) is 0 Å². The van der Waals surface area contributed by atoms with Gasteiger partial charge in [-0.25, -0.2) is 0 Å². The molecule has 0 aromatic carbocycles. The third-order valence-corrected chi connectivity index (χ3v) is 5.06. The summed E-state index contributed by atoms with van der Waals surface area (Å²) in [6, 6.07) is 9.94. The van der Waals surface area contributed by atoms with E-state index < -0.39 is 0 Å². The van der Waals surface area contributed by atoms with E-state index in [0.29, 0.717) is 5.92 Å². The molecule has 2 aliphatic heterocycles. The molecule has 2 aliphatic rings. The minimum atomic E-state index is 0.0348. The van der Waals surface area contributed by atoms with E-state index in [2.05, 4.69) is 20.9 Å². The van der Waals surface area contributed by atoms with Crippen LogP contribution in [0.25, 0.3) is 0 Å². The van der Waals surface area contributed by atoms with Crippen molar-refractivity contribution < 1.29 is 9.47 Å². The average Bonchev–Trinajstić information content (AvgIpc) is 3.00. The van der Waals surface area contributed by atoms with Crippen molar-refractivity contribution in [2.45, 2.75) is 25.0 Å². The van der Waals surface area contributed by atoms with Crippen LogP contribution in [0.4, 0.5) is 0 Å². The molecule has 1 atom stereocenters. The second kappa shape index (κ2) is 6.87. The third-order valence-electron chi connectivity index (χ3n) is 5.06. The Kier molecular flexibility index (Phi) is 4.45. The summed E-state index contributed by atoms with van der Waals surface area (Å²) in [5, 5.41) is 0. The molecule has 2 aromatic rings. The first-order chi connectivity index (χ1) is 11.8. The number of hydrogen-bond donors (Lipinski definition) is 0. The summed E-state index contributed by atoms with van der Waals surface area (Å²) in [5.41, 5.74) is 1.16. The van der Waals surface area contributed by atoms with Crippen LogP contribution in [0.1, 0.15) is 18.5 Å². The Morgan fingerprint density at radius 3 is 2.96 bits per heavy atom. The van der Waals surface area contributed by atoms with Gasteiger partial charge in [0, 0.05) is 38.6 Å². The fourth-order valence-corrected chi connectivity index (χ4v) is 3.84. The maximum absolute atomic E-state index is 6.13. The van der Waals surface area contributed by atoms with Gasteiger partial charge in [0.2, 0.25) is 0 Å². The summed E-state index contributed by atoms with van der Waals surface area (Å²) in [7, 11) is 0. The van der Waals surface area contributed by atoms with E-state index in [9.17, 15) is 0 Å². The third kappa shape index (κ3) is 3.28. The molecule has 2 saturated heterocycles. The molecule has 5 nitrogen and oxygen atoms in total. The van der Waals surface area contributed by atoms with Gasteiger partial charge in [0.25, 0.3) is 0 Å². The second-order valence-electron chi connectivity index (χ2n) is 6.69. The van der Waals surface area contributed by atoms with Gasteiger partial charge < -0.3 is 9.47 Å². The van der Waals surface area contributed by atoms with Crippen LogP contribution in [0.3, 0.4) is 0 Å². The van der Waals surface area contributed by atoms with Crippen molar-refractivity contribution in [2.75, 3.05) is 26.3 Å². The lowest BCUT2D eigenvalue weighted by atomic mass is 9.79. The molecule has 0 saturated carbocycles. The standard InChI is InChI=1S/C19H23N3O2/c1-2-9-21-17(4-1)13-22-14-19(15-22)16(7-11-24-19)6-10-23-18-5-3-8-20-12-18/h1-5,8-9,12,16H,6-7,10-11,13-15H2. The summed E-state index contributed by atoms with van der Waals surface area (Å²) < 4.78 is 11.9. The van der Waals surface area contributed by atoms with Crippen molar-refractivity contribution in [3.63, 3.8) is 0 Å². The largest absolute Gasteiger partial charge is 0.492 e. The van der Waals surface area contributed by atoms with Crippen LogP contribution in [-0.4, -0.2) is 46.8 Å². The molecule has 2 fully saturated rings. The highest BCUT2D eigenvalue weighted by molar-refractivity contribution is 5.15. The lowest BCUT2D eigenvalue weighted by Crippen LogP contribution is -2.64. The molecule has 4 heterocycles. The second-order valence-corrected chi connectivity index (χ2v) is 6.69. The molecule has 0 aliphatic carbocycles. The summed E-state index contributed by atoms with van der Waals surface area (Å²) in [6.45, 7) is 4.50. The van der Waals surface area contributed by atoms with Gasteiger partial charge in [0.05, 0.1) is 24.1 Å². The van der Waals surface area contributed by atoms with E-state index >= 15 is 0 Å². The first-order valence-corrected chi connectivity index (χ1v) is 8.63. The Bertz CT molecular complexity index is 644. The van der Waals surface area contributed by atoms with E-state index in [1.807, 2.05) is 30.5 Å². The Morgan fingerprint density at radius 1 is 1.21 bits per heavy atom. The number of ether oxygens (including phenoxy) is 2. The van der Waals surface area contributed by atoms with Crippen molar-refractivity contribution >= 4 is 0 Å². The number of rotatable bonds is 6. The number of hydrogen-bond acceptors (Lipinski definition) is 5. The van der Waals surface area contributed by atoms with Crippen LogP contribution in [0.2, 0.25) is 0 Å². The zero-order chi connectivity index (χ0) is 16.2. The Balaban J connectivity index is 1.27. The van der Waals surface area contributed by atoms with Crippen LogP contribution in [0.5, 0.6) is 5.75 Å². The highest BCUT2D eigenvalue weighted by Gasteiger charge is 2.52. The zero-order valence-corrected chi connectivity index (χ0v) is 13.8. The van der Waals surface area contributed by atoms with Crippen molar-refractivity contribution in [3.8, 4) is 5.75 Å². The average molecular weight is 325 g/mol. The molecule has 1 spiro atoms. The molecule has 1 unspecified atom stereocenters. The fourth-order valence-electron chi connectivity index (χ4n) is 3.84. The lowest BCUT2D eigenvalue weighted by Gasteiger charge is -2.50. The Morgan fingerprint density at radius 2 is 2.17 bits per heavy atom. The van der Waals surface area contributed by atoms with Gasteiger partial charge in [-0.15, -0.1) is 0 Å². The van der Waals surface area contributed by atoms with Crippen molar-refractivity contribution in [2.24, 2.45) is 5.92 Å². The zero-order valence-electron chi connectivity index (χ0n) is 13.8. The lowest BCUT2D eigenvalue weighted by molar-refractivity contribution is -0.138. The normalized spacial score (nSPS) is 22.4. The molecule has 4 rings (SSSR count). The molecule has 0 N–H and O–H groups in total. The quantitative estimate of drug-likeness (QED) is 0.817. The minimum Gasteiger partial charge on any atom is -0.492 e. The van der Waals surface area contributed by atoms with Crippen molar-refractivity contribution in [1.82, 2.24) is 14.9 Å². The van der Waals surface area contributed by atoms with Crippen LogP contribution in [0.15, 0.2) is 48.9 Å². The molecular formula is C19H23N3O2. The number of nitrogens with zero attached hydrogens (tertiary/aromatic N) is 3. The maximum Gasteiger partial charge on any atom is 0.137 e. The first-order valence-electron chi connectivity index (χ1n) is 8.63. The van der Waals surface area contributed by atoms with Crippen LogP contribution >= 0.6 is 0 Å². The van der Waals surface area contributed by atoms with E-state index in [0.717, 1.165) is 57.1 Å². The van der Waals surface area contributed by atoms with Crippen molar-refractivity contribution in [3.05, 3.63) is 54.6 Å². The first kappa shape index (κ1) is 15.5. The van der Waals surface area contributed by atoms with Gasteiger partial charge >= 0.3 is 0 Å². The van der Waals surface area contributed by atoms with E-state index in [-0.39, 0.29) is 5.60 Å². The summed E-state index contributed by atoms with van der Waals surface area (Å²) in [4.78, 5) is 10.9. The molecule has 126 valence electrons. The van der Waals surface area contributed by atoms with E-state index in [4.69, 9.17) is 9.47 Å². The van der Waals surface area contributed by atoms with Gasteiger partial charge in [0.15, 0.2) is 0 Å². The summed E-state index contributed by atoms with van der Waals surface area (Å²) >= 11 is 0. The molecule has 0 bridgehead atoms. The molecule has 24 heavy (non-hydrogen) atoms. The molecule has 2 aromatic heterocycles. The number of aromatic nitrogens is 2. The number of pyridine rings is 2. The predicted molar refractivity (Wildman–Crippen MR) is 90.7 cm³/mol. The molecule has 5 heteroatoms. The van der Waals surface area contributed by atoms with E-state index in [1.165, 1.54) is 0 Å². The highest BCUT2D eigenvalue weighted by atomic mass is 16.5. The van der Waals surface area contributed by atoms with Gasteiger partial charge in [-0.1, -0.05) is 6.07 Å². The predicted octanol–water partition coefficient (Wildman–Crippen LogP) is 2.54. The fraction of sp³-hybridized carbons (Fsp3) is 0.474. The van der Waals surface area contributed by atoms with Crippen LogP contribution in [-0.2, 0) is 11.3 Å². The molecule has 0 amide bonds. The maximum atomic E-state index is 6.13. The number of likely N-dealkylation sites (tertiary alicyclic amines) is 1. The topological polar surface area (TPSA) is 47.5 Å². The highest BCUT2D eigenvalue weighted by Crippen LogP contribution is 2.42. The Hall–Kier alpha value is -1.98. The monoisotopic (exact) mass is 325 g/mol. The SMILES string of the molecule is c1ccc(CN2CC3(C2)OCCC3CCOc2cccnc2)nc1. The van der Waals surface area contributed by atoms with E-state index in [1.54, 1.807) is 12.4 Å². The molecule has 0 radical (unpaired) electrons. The smallest absolute Gasteiger partial charge is 0.137 e.